The van der Waals surface area contributed by atoms with Crippen molar-refractivity contribution in [2.45, 2.75) is 12.6 Å². The molecule has 5 N–H and O–H groups in total. The molecule has 104 valence electrons. The molecule has 0 aliphatic carbocycles. The van der Waals surface area contributed by atoms with E-state index >= 15 is 0 Å². The van der Waals surface area contributed by atoms with Crippen LogP contribution < -0.4 is 11.3 Å². The fraction of sp³-hybridized carbons (Fsp3) is 0.500. The molecule has 19 heavy (non-hydrogen) atoms. The van der Waals surface area contributed by atoms with Crippen molar-refractivity contribution in [3.05, 3.63) is 16.7 Å². The molecule has 1 unspecified atom stereocenters. The molecular weight excluding hydrogens is 254 g/mol. The number of nitrogens with one attached hydrogen (secondary N) is 1. The highest BCUT2D eigenvalue weighted by molar-refractivity contribution is 5.70. The summed E-state index contributed by atoms with van der Waals surface area (Å²) in [5.41, 5.74) is 5.47. The molecule has 9 heteroatoms. The zero-order valence-electron chi connectivity index (χ0n) is 10.1. The van der Waals surface area contributed by atoms with Gasteiger partial charge in [0.25, 0.3) is 5.56 Å². The van der Waals surface area contributed by atoms with Crippen LogP contribution >= 0.6 is 0 Å². The third-order valence-corrected chi connectivity index (χ3v) is 2.54. The molecule has 1 atom stereocenters. The molecule has 0 fully saturated rings. The molecule has 0 aliphatic heterocycles. The second kappa shape index (κ2) is 5.78. The third-order valence-electron chi connectivity index (χ3n) is 2.54. The first-order chi connectivity index (χ1) is 9.17. The number of aliphatic hydroxyl groups excluding tert-OH is 2. The highest BCUT2D eigenvalue weighted by Crippen LogP contribution is 2.18. The van der Waals surface area contributed by atoms with Crippen molar-refractivity contribution in [2.75, 3.05) is 25.6 Å². The monoisotopic (exact) mass is 269 g/mol. The van der Waals surface area contributed by atoms with E-state index in [1.54, 1.807) is 0 Å². The summed E-state index contributed by atoms with van der Waals surface area (Å²) in [6.45, 7) is -0.165. The molecule has 2 aromatic rings. The third kappa shape index (κ3) is 2.72. The SMILES string of the molecule is Nc1nc2c(ncn2C(CCO)OCCO)c(=O)[nH]1. The summed E-state index contributed by atoms with van der Waals surface area (Å²) in [7, 11) is 0. The summed E-state index contributed by atoms with van der Waals surface area (Å²) >= 11 is 0. The first kappa shape index (κ1) is 13.5. The van der Waals surface area contributed by atoms with Crippen molar-refractivity contribution in [1.82, 2.24) is 19.5 Å². The Labute approximate surface area is 107 Å². The minimum atomic E-state index is -0.573. The average molecular weight is 269 g/mol. The maximum atomic E-state index is 11.6. The minimum Gasteiger partial charge on any atom is -0.396 e. The molecule has 2 rings (SSSR count). The van der Waals surface area contributed by atoms with E-state index in [0.29, 0.717) is 0 Å². The largest absolute Gasteiger partial charge is 0.396 e. The quantitative estimate of drug-likeness (QED) is 0.505. The average Bonchev–Trinajstić information content (AvgIpc) is 2.78. The van der Waals surface area contributed by atoms with Crippen molar-refractivity contribution >= 4 is 17.1 Å². The van der Waals surface area contributed by atoms with Gasteiger partial charge in [-0.3, -0.25) is 14.3 Å². The Kier molecular flexibility index (Phi) is 4.10. The molecule has 0 aromatic carbocycles. The lowest BCUT2D eigenvalue weighted by atomic mass is 10.4. The number of aliphatic hydroxyl groups is 2. The van der Waals surface area contributed by atoms with Crippen LogP contribution in [0.5, 0.6) is 0 Å². The molecule has 2 heterocycles. The predicted molar refractivity (Wildman–Crippen MR) is 66.3 cm³/mol. The van der Waals surface area contributed by atoms with Gasteiger partial charge in [0, 0.05) is 13.0 Å². The van der Waals surface area contributed by atoms with Crippen molar-refractivity contribution in [1.29, 1.82) is 0 Å². The summed E-state index contributed by atoms with van der Waals surface area (Å²) in [4.78, 5) is 21.9. The van der Waals surface area contributed by atoms with Crippen LogP contribution in [0.2, 0.25) is 0 Å². The van der Waals surface area contributed by atoms with Gasteiger partial charge < -0.3 is 20.7 Å². The van der Waals surface area contributed by atoms with Crippen LogP contribution in [0, 0.1) is 0 Å². The molecule has 0 spiro atoms. The van der Waals surface area contributed by atoms with Gasteiger partial charge in [0.05, 0.1) is 19.5 Å². The summed E-state index contributed by atoms with van der Waals surface area (Å²) in [6, 6.07) is 0. The van der Waals surface area contributed by atoms with E-state index in [0.717, 1.165) is 0 Å². The Morgan fingerprint density at radius 2 is 2.26 bits per heavy atom. The second-order valence-electron chi connectivity index (χ2n) is 3.84. The Balaban J connectivity index is 2.44. The van der Waals surface area contributed by atoms with Gasteiger partial charge in [-0.1, -0.05) is 0 Å². The summed E-state index contributed by atoms with van der Waals surface area (Å²) in [5, 5.41) is 17.8. The van der Waals surface area contributed by atoms with E-state index in [2.05, 4.69) is 15.0 Å². The Morgan fingerprint density at radius 1 is 1.47 bits per heavy atom. The molecule has 0 saturated heterocycles. The van der Waals surface area contributed by atoms with Crippen LogP contribution in [0.3, 0.4) is 0 Å². The fourth-order valence-electron chi connectivity index (χ4n) is 1.76. The number of imidazole rings is 1. The van der Waals surface area contributed by atoms with E-state index in [-0.39, 0.29) is 43.4 Å². The van der Waals surface area contributed by atoms with E-state index in [1.165, 1.54) is 10.9 Å². The number of fused-ring (bicyclic) bond motifs is 1. The van der Waals surface area contributed by atoms with Gasteiger partial charge in [0.15, 0.2) is 11.2 Å². The van der Waals surface area contributed by atoms with Gasteiger partial charge in [-0.05, 0) is 0 Å². The Hall–Kier alpha value is -1.97. The van der Waals surface area contributed by atoms with Crippen LogP contribution in [0.25, 0.3) is 11.2 Å². The van der Waals surface area contributed by atoms with Crippen LogP contribution in [0.4, 0.5) is 5.95 Å². The normalized spacial score (nSPS) is 12.9. The molecule has 0 saturated carbocycles. The van der Waals surface area contributed by atoms with Crippen LogP contribution in [-0.2, 0) is 4.74 Å². The molecule has 0 aliphatic rings. The van der Waals surface area contributed by atoms with Gasteiger partial charge in [-0.2, -0.15) is 4.98 Å². The van der Waals surface area contributed by atoms with Gasteiger partial charge in [0.1, 0.15) is 6.23 Å². The molecule has 2 aromatic heterocycles. The number of aromatic nitrogens is 4. The molecule has 0 amide bonds. The van der Waals surface area contributed by atoms with Crippen molar-refractivity contribution in [3.8, 4) is 0 Å². The Morgan fingerprint density at radius 3 is 2.95 bits per heavy atom. The maximum Gasteiger partial charge on any atom is 0.280 e. The fourth-order valence-corrected chi connectivity index (χ4v) is 1.76. The first-order valence-corrected chi connectivity index (χ1v) is 5.73. The lowest BCUT2D eigenvalue weighted by Crippen LogP contribution is -2.18. The zero-order chi connectivity index (χ0) is 13.8. The number of nitrogens with two attached hydrogens (primary N) is 1. The number of aromatic amines is 1. The van der Waals surface area contributed by atoms with E-state index in [1.807, 2.05) is 0 Å². The van der Waals surface area contributed by atoms with Crippen molar-refractivity contribution in [2.24, 2.45) is 0 Å². The number of hydrogen-bond acceptors (Lipinski definition) is 7. The molecule has 9 nitrogen and oxygen atoms in total. The molecular formula is C10H15N5O4. The second-order valence-corrected chi connectivity index (χ2v) is 3.84. The minimum absolute atomic E-state index is 0.0239. The zero-order valence-corrected chi connectivity index (χ0v) is 10.1. The van der Waals surface area contributed by atoms with Gasteiger partial charge in [-0.15, -0.1) is 0 Å². The smallest absolute Gasteiger partial charge is 0.280 e. The van der Waals surface area contributed by atoms with E-state index in [4.69, 9.17) is 20.7 Å². The van der Waals surface area contributed by atoms with Crippen LogP contribution in [-0.4, -0.2) is 49.6 Å². The molecule has 0 radical (unpaired) electrons. The first-order valence-electron chi connectivity index (χ1n) is 5.73. The molecule has 0 bridgehead atoms. The Bertz CT molecular complexity index is 607. The number of nitrogen functional groups attached to an aromatic ring is 1. The topological polar surface area (TPSA) is 139 Å². The van der Waals surface area contributed by atoms with E-state index in [9.17, 15) is 4.79 Å². The number of rotatable bonds is 6. The number of H-pyrrole nitrogens is 1. The lowest BCUT2D eigenvalue weighted by Gasteiger charge is -2.18. The van der Waals surface area contributed by atoms with Gasteiger partial charge in [0.2, 0.25) is 5.95 Å². The summed E-state index contributed by atoms with van der Waals surface area (Å²) in [6.07, 6.45) is 1.10. The number of ether oxygens (including phenoxy) is 1. The highest BCUT2D eigenvalue weighted by Gasteiger charge is 2.17. The van der Waals surface area contributed by atoms with Crippen LogP contribution in [0.15, 0.2) is 11.1 Å². The lowest BCUT2D eigenvalue weighted by molar-refractivity contribution is -0.0260. The maximum absolute atomic E-state index is 11.6. The van der Waals surface area contributed by atoms with Gasteiger partial charge >= 0.3 is 0 Å². The predicted octanol–water partition coefficient (Wildman–Crippen LogP) is -1.41. The summed E-state index contributed by atoms with van der Waals surface area (Å²) in [5.74, 6) is -0.0239. The summed E-state index contributed by atoms with van der Waals surface area (Å²) < 4.78 is 6.89. The standard InChI is InChI=1S/C10H15N5O4/c11-10-13-8-7(9(18)14-10)12-5-15(8)6(1-2-16)19-4-3-17/h5-6,16-17H,1-4H2,(H3,11,13,14,18). The van der Waals surface area contributed by atoms with Crippen molar-refractivity contribution in [3.63, 3.8) is 0 Å². The van der Waals surface area contributed by atoms with Crippen molar-refractivity contribution < 1.29 is 14.9 Å². The number of hydrogen-bond donors (Lipinski definition) is 4. The van der Waals surface area contributed by atoms with Gasteiger partial charge in [-0.25, -0.2) is 4.98 Å². The number of anilines is 1. The highest BCUT2D eigenvalue weighted by atomic mass is 16.5. The van der Waals surface area contributed by atoms with Crippen LogP contribution in [0.1, 0.15) is 12.6 Å². The number of nitrogens with zero attached hydrogens (tertiary/aromatic N) is 3. The van der Waals surface area contributed by atoms with E-state index < -0.39 is 11.8 Å².